The van der Waals surface area contributed by atoms with Crippen LogP contribution in [-0.4, -0.2) is 34.6 Å². The van der Waals surface area contributed by atoms with Crippen LogP contribution in [0.3, 0.4) is 0 Å². The molecule has 1 aromatic carbocycles. The van der Waals surface area contributed by atoms with Gasteiger partial charge in [0, 0.05) is 41.9 Å². The Bertz CT molecular complexity index is 810. The Balaban J connectivity index is 1.20. The molecule has 3 aromatic rings. The van der Waals surface area contributed by atoms with E-state index < -0.39 is 0 Å². The molecule has 2 aliphatic rings. The highest BCUT2D eigenvalue weighted by Crippen LogP contribution is 2.35. The largest absolute Gasteiger partial charge is 0.373 e. The van der Waals surface area contributed by atoms with Crippen molar-refractivity contribution in [2.45, 2.75) is 31.4 Å². The average Bonchev–Trinajstić information content (AvgIpc) is 3.28. The number of H-pyrrole nitrogens is 1. The van der Waals surface area contributed by atoms with E-state index in [1.165, 1.54) is 22.6 Å². The summed E-state index contributed by atoms with van der Waals surface area (Å²) in [6.45, 7) is 4.15. The van der Waals surface area contributed by atoms with Crippen molar-refractivity contribution >= 4 is 22.4 Å². The minimum absolute atomic E-state index is 0.350. The van der Waals surface area contributed by atoms with Gasteiger partial charge in [-0.15, -0.1) is 11.3 Å². The maximum atomic E-state index is 5.79. The summed E-state index contributed by atoms with van der Waals surface area (Å²) < 4.78 is 5.79. The number of benzene rings is 1. The molecule has 0 saturated carbocycles. The number of para-hydroxylation sites is 2. The van der Waals surface area contributed by atoms with Crippen molar-refractivity contribution < 1.29 is 4.74 Å². The second kappa shape index (κ2) is 5.99. The Hall–Kier alpha value is -1.69. The first-order chi connectivity index (χ1) is 11.8. The average molecular weight is 339 g/mol. The fourth-order valence-electron chi connectivity index (χ4n) is 3.71. The van der Waals surface area contributed by atoms with Crippen LogP contribution in [0.25, 0.3) is 11.0 Å². The van der Waals surface area contributed by atoms with Crippen molar-refractivity contribution in [3.05, 3.63) is 52.0 Å². The molecule has 1 N–H and O–H groups in total. The number of aromatic nitrogens is 2. The van der Waals surface area contributed by atoms with Gasteiger partial charge in [0.15, 0.2) is 0 Å². The zero-order valence-electron chi connectivity index (χ0n) is 13.6. The number of thiophene rings is 1. The number of fused-ring (bicyclic) bond motifs is 1. The standard InChI is InChI=1S/C19H21N3OS/c1-2-5-16-15(4-1)20-19(21-16)13-10-22(11-13)12-14-7-8-18(24-14)17-6-3-9-23-17/h1-2,4-5,7-8,13,17H,3,6,9-12H2,(H,20,21)/t17-/m0/s1. The van der Waals surface area contributed by atoms with Gasteiger partial charge in [0.25, 0.3) is 0 Å². The molecule has 0 bridgehead atoms. The van der Waals surface area contributed by atoms with E-state index in [-0.39, 0.29) is 0 Å². The zero-order chi connectivity index (χ0) is 15.9. The summed E-state index contributed by atoms with van der Waals surface area (Å²) in [4.78, 5) is 13.6. The Labute approximate surface area is 145 Å². The van der Waals surface area contributed by atoms with Crippen molar-refractivity contribution in [3.63, 3.8) is 0 Å². The summed E-state index contributed by atoms with van der Waals surface area (Å²) in [6, 6.07) is 12.8. The van der Waals surface area contributed by atoms with E-state index in [0.717, 1.165) is 43.1 Å². The first-order valence-corrected chi connectivity index (χ1v) is 9.54. The molecule has 5 heteroatoms. The molecule has 2 saturated heterocycles. The molecule has 0 amide bonds. The Morgan fingerprint density at radius 2 is 2.12 bits per heavy atom. The highest BCUT2D eigenvalue weighted by molar-refractivity contribution is 7.12. The molecule has 0 aliphatic carbocycles. The molecule has 5 rings (SSSR count). The second-order valence-electron chi connectivity index (χ2n) is 6.84. The van der Waals surface area contributed by atoms with Crippen molar-refractivity contribution in [2.24, 2.45) is 0 Å². The van der Waals surface area contributed by atoms with Crippen LogP contribution in [-0.2, 0) is 11.3 Å². The highest BCUT2D eigenvalue weighted by Gasteiger charge is 2.30. The predicted molar refractivity (Wildman–Crippen MR) is 96.4 cm³/mol. The fourth-order valence-corrected chi connectivity index (χ4v) is 4.85. The van der Waals surface area contributed by atoms with Crippen molar-refractivity contribution in [1.29, 1.82) is 0 Å². The van der Waals surface area contributed by atoms with E-state index in [9.17, 15) is 0 Å². The number of nitrogens with zero attached hydrogens (tertiary/aromatic N) is 2. The van der Waals surface area contributed by atoms with Gasteiger partial charge < -0.3 is 9.72 Å². The summed E-state index contributed by atoms with van der Waals surface area (Å²) in [5, 5.41) is 0. The first-order valence-electron chi connectivity index (χ1n) is 8.72. The fraction of sp³-hybridized carbons (Fsp3) is 0.421. The lowest BCUT2D eigenvalue weighted by atomic mass is 9.99. The van der Waals surface area contributed by atoms with Crippen LogP contribution in [0.2, 0.25) is 0 Å². The van der Waals surface area contributed by atoms with Gasteiger partial charge in [-0.05, 0) is 37.1 Å². The minimum atomic E-state index is 0.350. The summed E-state index contributed by atoms with van der Waals surface area (Å²) in [7, 11) is 0. The maximum Gasteiger partial charge on any atom is 0.112 e. The molecule has 0 spiro atoms. The van der Waals surface area contributed by atoms with Crippen LogP contribution in [0, 0.1) is 0 Å². The van der Waals surface area contributed by atoms with E-state index in [1.54, 1.807) is 0 Å². The number of ether oxygens (including phenoxy) is 1. The molecule has 0 unspecified atom stereocenters. The number of rotatable bonds is 4. The number of hydrogen-bond donors (Lipinski definition) is 1. The van der Waals surface area contributed by atoms with Crippen molar-refractivity contribution in [3.8, 4) is 0 Å². The van der Waals surface area contributed by atoms with Gasteiger partial charge in [-0.1, -0.05) is 12.1 Å². The quantitative estimate of drug-likeness (QED) is 0.779. The van der Waals surface area contributed by atoms with Gasteiger partial charge in [-0.25, -0.2) is 4.98 Å². The van der Waals surface area contributed by atoms with Gasteiger partial charge in [-0.3, -0.25) is 4.90 Å². The lowest BCUT2D eigenvalue weighted by Crippen LogP contribution is -2.44. The van der Waals surface area contributed by atoms with Gasteiger partial charge in [0.2, 0.25) is 0 Å². The molecular weight excluding hydrogens is 318 g/mol. The van der Waals surface area contributed by atoms with Crippen LogP contribution in [0.1, 0.15) is 40.4 Å². The van der Waals surface area contributed by atoms with Gasteiger partial charge in [0.1, 0.15) is 5.82 Å². The molecule has 124 valence electrons. The zero-order valence-corrected chi connectivity index (χ0v) is 14.4. The SMILES string of the molecule is c1ccc2[nH]c(C3CN(Cc4ccc([C@@H]5CCCO5)s4)C3)nc2c1. The van der Waals surface area contributed by atoms with Crippen molar-refractivity contribution in [1.82, 2.24) is 14.9 Å². The molecular formula is C19H21N3OS. The smallest absolute Gasteiger partial charge is 0.112 e. The number of likely N-dealkylation sites (tertiary alicyclic amines) is 1. The Kier molecular flexibility index (Phi) is 3.65. The molecule has 2 aliphatic heterocycles. The lowest BCUT2D eigenvalue weighted by molar-refractivity contribution is 0.114. The first kappa shape index (κ1) is 14.6. The third kappa shape index (κ3) is 2.66. The summed E-state index contributed by atoms with van der Waals surface area (Å²) in [5.41, 5.74) is 2.22. The van der Waals surface area contributed by atoms with E-state index in [2.05, 4.69) is 40.2 Å². The summed E-state index contributed by atoms with van der Waals surface area (Å²) in [5.74, 6) is 1.67. The molecule has 24 heavy (non-hydrogen) atoms. The maximum absolute atomic E-state index is 5.79. The van der Waals surface area contributed by atoms with Crippen LogP contribution < -0.4 is 0 Å². The number of nitrogens with one attached hydrogen (secondary N) is 1. The highest BCUT2D eigenvalue weighted by atomic mass is 32.1. The van der Waals surface area contributed by atoms with E-state index >= 15 is 0 Å². The van der Waals surface area contributed by atoms with Crippen LogP contribution in [0.4, 0.5) is 0 Å². The molecule has 4 nitrogen and oxygen atoms in total. The monoisotopic (exact) mass is 339 g/mol. The van der Waals surface area contributed by atoms with Gasteiger partial charge >= 0.3 is 0 Å². The van der Waals surface area contributed by atoms with E-state index in [0.29, 0.717) is 12.0 Å². The third-order valence-corrected chi connectivity index (χ3v) is 6.22. The minimum Gasteiger partial charge on any atom is -0.373 e. The summed E-state index contributed by atoms with van der Waals surface area (Å²) >= 11 is 1.92. The Morgan fingerprint density at radius 1 is 1.21 bits per heavy atom. The summed E-state index contributed by atoms with van der Waals surface area (Å²) in [6.07, 6.45) is 2.73. The third-order valence-electron chi connectivity index (χ3n) is 5.06. The molecule has 0 radical (unpaired) electrons. The molecule has 2 fully saturated rings. The molecule has 2 aromatic heterocycles. The molecule has 4 heterocycles. The lowest BCUT2D eigenvalue weighted by Gasteiger charge is -2.37. The predicted octanol–water partition coefficient (Wildman–Crippen LogP) is 4.08. The number of aromatic amines is 1. The van der Waals surface area contributed by atoms with Gasteiger partial charge in [-0.2, -0.15) is 0 Å². The number of imidazole rings is 1. The van der Waals surface area contributed by atoms with Gasteiger partial charge in [0.05, 0.1) is 17.1 Å². The van der Waals surface area contributed by atoms with E-state index in [4.69, 9.17) is 9.72 Å². The van der Waals surface area contributed by atoms with E-state index in [1.807, 2.05) is 17.4 Å². The van der Waals surface area contributed by atoms with Crippen molar-refractivity contribution in [2.75, 3.05) is 19.7 Å². The normalized spacial score (nSPS) is 22.2. The van der Waals surface area contributed by atoms with Crippen LogP contribution >= 0.6 is 11.3 Å². The molecule has 1 atom stereocenters. The number of hydrogen-bond acceptors (Lipinski definition) is 4. The second-order valence-corrected chi connectivity index (χ2v) is 8.04. The topological polar surface area (TPSA) is 41.2 Å². The van der Waals surface area contributed by atoms with Crippen LogP contribution in [0.5, 0.6) is 0 Å². The van der Waals surface area contributed by atoms with Crippen LogP contribution in [0.15, 0.2) is 36.4 Å². The Morgan fingerprint density at radius 3 is 2.96 bits per heavy atom.